The monoisotopic (exact) mass is 294 g/mol. The van der Waals surface area contributed by atoms with Gasteiger partial charge in [0.2, 0.25) is 0 Å². The Bertz CT molecular complexity index is 524. The average molecular weight is 294 g/mol. The van der Waals surface area contributed by atoms with Crippen LogP contribution in [0.15, 0.2) is 18.2 Å². The summed E-state index contributed by atoms with van der Waals surface area (Å²) in [6, 6.07) is 5.07. The second kappa shape index (κ2) is 5.89. The van der Waals surface area contributed by atoms with Gasteiger partial charge in [-0.15, -0.1) is 0 Å². The Morgan fingerprint density at radius 2 is 2.14 bits per heavy atom. The molecule has 21 heavy (non-hydrogen) atoms. The predicted molar refractivity (Wildman–Crippen MR) is 80.9 cm³/mol. The normalized spacial score (nSPS) is 16.7. The van der Waals surface area contributed by atoms with Crippen LogP contribution in [-0.2, 0) is 0 Å². The van der Waals surface area contributed by atoms with E-state index in [1.807, 2.05) is 25.7 Å². The lowest BCUT2D eigenvalue weighted by atomic mass is 9.82. The van der Waals surface area contributed by atoms with Crippen LogP contribution in [0, 0.1) is 16.0 Å². The molecule has 0 bridgehead atoms. The molecule has 6 heteroatoms. The largest absolute Gasteiger partial charge is 0.487 e. The van der Waals surface area contributed by atoms with Crippen LogP contribution in [0.25, 0.3) is 0 Å². The molecule has 1 fully saturated rings. The second-order valence-electron chi connectivity index (χ2n) is 5.84. The molecule has 0 aromatic heterocycles. The number of rotatable bonds is 6. The zero-order chi connectivity index (χ0) is 15.6. The molecule has 0 radical (unpaired) electrons. The van der Waals surface area contributed by atoms with E-state index in [9.17, 15) is 15.2 Å². The lowest BCUT2D eigenvalue weighted by Gasteiger charge is -2.50. The predicted octanol–water partition coefficient (Wildman–Crippen LogP) is 2.59. The topological polar surface area (TPSA) is 75.8 Å². The fourth-order valence-corrected chi connectivity index (χ4v) is 2.43. The third kappa shape index (κ3) is 2.95. The SMILES string of the molecule is CCCOc1cccc(N2CC(O)(C(C)C)C2)c1[N+](=O)[O-]. The lowest BCUT2D eigenvalue weighted by molar-refractivity contribution is -0.385. The molecule has 1 N–H and O–H groups in total. The quantitative estimate of drug-likeness (QED) is 0.644. The Hall–Kier alpha value is -1.82. The van der Waals surface area contributed by atoms with Crippen molar-refractivity contribution >= 4 is 11.4 Å². The number of hydrogen-bond donors (Lipinski definition) is 1. The molecule has 1 aliphatic rings. The Morgan fingerprint density at radius 1 is 1.48 bits per heavy atom. The third-order valence-electron chi connectivity index (χ3n) is 3.97. The van der Waals surface area contributed by atoms with Gasteiger partial charge in [-0.2, -0.15) is 0 Å². The van der Waals surface area contributed by atoms with Gasteiger partial charge < -0.3 is 14.7 Å². The van der Waals surface area contributed by atoms with Crippen LogP contribution in [0.3, 0.4) is 0 Å². The summed E-state index contributed by atoms with van der Waals surface area (Å²) in [4.78, 5) is 12.8. The highest BCUT2D eigenvalue weighted by atomic mass is 16.6. The van der Waals surface area contributed by atoms with Gasteiger partial charge in [0, 0.05) is 13.1 Å². The molecule has 1 aromatic rings. The zero-order valence-electron chi connectivity index (χ0n) is 12.7. The molecule has 0 atom stereocenters. The van der Waals surface area contributed by atoms with E-state index in [0.29, 0.717) is 31.1 Å². The van der Waals surface area contributed by atoms with Gasteiger partial charge in [0.1, 0.15) is 11.3 Å². The lowest BCUT2D eigenvalue weighted by Crippen LogP contribution is -2.64. The number of benzene rings is 1. The Kier molecular flexibility index (Phi) is 4.37. The van der Waals surface area contributed by atoms with E-state index < -0.39 is 10.5 Å². The van der Waals surface area contributed by atoms with E-state index in [1.165, 1.54) is 0 Å². The van der Waals surface area contributed by atoms with E-state index in [4.69, 9.17) is 4.74 Å². The van der Waals surface area contributed by atoms with Crippen molar-refractivity contribution < 1.29 is 14.8 Å². The smallest absolute Gasteiger partial charge is 0.333 e. The van der Waals surface area contributed by atoms with Crippen molar-refractivity contribution in [2.45, 2.75) is 32.8 Å². The standard InChI is InChI=1S/C15H22N2O4/c1-4-8-21-13-7-5-6-12(14(13)17(19)20)16-9-15(18,10-16)11(2)3/h5-7,11,18H,4,8-10H2,1-3H3. The zero-order valence-corrected chi connectivity index (χ0v) is 12.7. The molecule has 2 rings (SSSR count). The number of hydrogen-bond acceptors (Lipinski definition) is 5. The molecular weight excluding hydrogens is 272 g/mol. The Morgan fingerprint density at radius 3 is 2.67 bits per heavy atom. The summed E-state index contributed by atoms with van der Waals surface area (Å²) in [6.07, 6.45) is 0.790. The molecule has 0 amide bonds. The van der Waals surface area contributed by atoms with Crippen LogP contribution in [0.1, 0.15) is 27.2 Å². The van der Waals surface area contributed by atoms with Gasteiger partial charge in [-0.05, 0) is 24.5 Å². The summed E-state index contributed by atoms with van der Waals surface area (Å²) < 4.78 is 5.48. The van der Waals surface area contributed by atoms with E-state index >= 15 is 0 Å². The first kappa shape index (κ1) is 15.6. The first-order valence-electron chi connectivity index (χ1n) is 7.26. The molecule has 0 unspecified atom stereocenters. The average Bonchev–Trinajstić information content (AvgIpc) is 2.40. The number of nitro groups is 1. The van der Waals surface area contributed by atoms with Gasteiger partial charge in [-0.25, -0.2) is 0 Å². The molecule has 1 aromatic carbocycles. The van der Waals surface area contributed by atoms with E-state index in [2.05, 4.69) is 0 Å². The third-order valence-corrected chi connectivity index (χ3v) is 3.97. The van der Waals surface area contributed by atoms with E-state index in [-0.39, 0.29) is 11.6 Å². The van der Waals surface area contributed by atoms with Gasteiger partial charge in [0.05, 0.1) is 11.5 Å². The maximum atomic E-state index is 11.4. The number of anilines is 1. The van der Waals surface area contributed by atoms with Crippen LogP contribution in [-0.4, -0.2) is 35.3 Å². The van der Waals surface area contributed by atoms with Crippen molar-refractivity contribution in [3.8, 4) is 5.75 Å². The van der Waals surface area contributed by atoms with Crippen molar-refractivity contribution in [2.24, 2.45) is 5.92 Å². The Balaban J connectivity index is 2.26. The molecule has 0 aliphatic carbocycles. The second-order valence-corrected chi connectivity index (χ2v) is 5.84. The van der Waals surface area contributed by atoms with Crippen LogP contribution >= 0.6 is 0 Å². The highest BCUT2D eigenvalue weighted by Gasteiger charge is 2.45. The van der Waals surface area contributed by atoms with Crippen LogP contribution < -0.4 is 9.64 Å². The van der Waals surface area contributed by atoms with E-state index in [0.717, 1.165) is 6.42 Å². The fraction of sp³-hybridized carbons (Fsp3) is 0.600. The summed E-state index contributed by atoms with van der Waals surface area (Å²) in [5.41, 5.74) is -0.274. The van der Waals surface area contributed by atoms with Crippen LogP contribution in [0.4, 0.5) is 11.4 Å². The van der Waals surface area contributed by atoms with Crippen LogP contribution in [0.5, 0.6) is 5.75 Å². The van der Waals surface area contributed by atoms with Gasteiger partial charge in [0.25, 0.3) is 0 Å². The van der Waals surface area contributed by atoms with Crippen molar-refractivity contribution in [1.29, 1.82) is 0 Å². The molecular formula is C15H22N2O4. The number of nitro benzene ring substituents is 1. The minimum absolute atomic E-state index is 0.0169. The number of para-hydroxylation sites is 1. The first-order chi connectivity index (χ1) is 9.89. The number of aliphatic hydroxyl groups is 1. The molecule has 6 nitrogen and oxygen atoms in total. The van der Waals surface area contributed by atoms with Crippen molar-refractivity contribution in [2.75, 3.05) is 24.6 Å². The minimum atomic E-state index is -0.770. The molecule has 1 aliphatic heterocycles. The summed E-state index contributed by atoms with van der Waals surface area (Å²) in [7, 11) is 0. The van der Waals surface area contributed by atoms with Gasteiger partial charge in [-0.3, -0.25) is 10.1 Å². The number of β-amino-alcohol motifs (C(OH)–C–C–N with tert-alkyl or cyclic N) is 1. The van der Waals surface area contributed by atoms with Gasteiger partial charge in [0.15, 0.2) is 5.75 Å². The fourth-order valence-electron chi connectivity index (χ4n) is 2.43. The highest BCUT2D eigenvalue weighted by Crippen LogP contribution is 2.42. The van der Waals surface area contributed by atoms with Gasteiger partial charge in [-0.1, -0.05) is 26.8 Å². The Labute approximate surface area is 124 Å². The first-order valence-corrected chi connectivity index (χ1v) is 7.26. The molecule has 0 saturated carbocycles. The summed E-state index contributed by atoms with van der Waals surface area (Å²) in [5, 5.41) is 21.7. The molecule has 0 spiro atoms. The molecule has 1 heterocycles. The maximum absolute atomic E-state index is 11.4. The molecule has 1 saturated heterocycles. The molecule has 116 valence electrons. The number of nitrogens with zero attached hydrogens (tertiary/aromatic N) is 2. The van der Waals surface area contributed by atoms with Crippen molar-refractivity contribution in [3.05, 3.63) is 28.3 Å². The summed E-state index contributed by atoms with van der Waals surface area (Å²) in [6.45, 7) is 7.11. The number of ether oxygens (including phenoxy) is 1. The van der Waals surface area contributed by atoms with Crippen molar-refractivity contribution in [1.82, 2.24) is 0 Å². The summed E-state index contributed by atoms with van der Waals surface area (Å²) in [5.74, 6) is 0.409. The summed E-state index contributed by atoms with van der Waals surface area (Å²) >= 11 is 0. The van der Waals surface area contributed by atoms with Crippen LogP contribution in [0.2, 0.25) is 0 Å². The van der Waals surface area contributed by atoms with Gasteiger partial charge >= 0.3 is 5.69 Å². The highest BCUT2D eigenvalue weighted by molar-refractivity contribution is 5.71. The minimum Gasteiger partial charge on any atom is -0.487 e. The van der Waals surface area contributed by atoms with E-state index in [1.54, 1.807) is 18.2 Å². The van der Waals surface area contributed by atoms with Crippen molar-refractivity contribution in [3.63, 3.8) is 0 Å². The maximum Gasteiger partial charge on any atom is 0.333 e.